The van der Waals surface area contributed by atoms with Gasteiger partial charge < -0.3 is 9.80 Å². The molecule has 0 aromatic heterocycles. The van der Waals surface area contributed by atoms with Crippen LogP contribution in [0.15, 0.2) is 18.2 Å². The number of halogens is 1. The lowest BCUT2D eigenvalue weighted by Gasteiger charge is -2.33. The van der Waals surface area contributed by atoms with Gasteiger partial charge in [-0.2, -0.15) is 0 Å². The molecular weight excluding hydrogens is 231 g/mol. The van der Waals surface area contributed by atoms with Gasteiger partial charge in [0.05, 0.1) is 38.4 Å². The number of ketones is 1. The summed E-state index contributed by atoms with van der Waals surface area (Å²) >= 11 is 0. The third kappa shape index (κ3) is 2.70. The maximum atomic E-state index is 14.0. The van der Waals surface area contributed by atoms with Crippen LogP contribution in [0, 0.1) is 5.82 Å². The fraction of sp³-hybridized carbons (Fsp3) is 0.500. The molecule has 0 saturated carbocycles. The highest BCUT2D eigenvalue weighted by Crippen LogP contribution is 2.20. The number of carbonyl (C=O) groups excluding carboxylic acids is 1. The number of quaternary nitrogens is 1. The summed E-state index contributed by atoms with van der Waals surface area (Å²) in [5.41, 5.74) is 1.06. The van der Waals surface area contributed by atoms with Crippen molar-refractivity contribution in [2.24, 2.45) is 0 Å². The van der Waals surface area contributed by atoms with E-state index < -0.39 is 0 Å². The molecule has 0 bridgehead atoms. The Hall–Kier alpha value is -1.42. The SMILES string of the molecule is CC[NH+]1CCN(c2ccc(C(C)=O)cc2F)CC1. The normalized spacial score (nSPS) is 16.9. The molecule has 0 amide bonds. The van der Waals surface area contributed by atoms with Gasteiger partial charge in [0.25, 0.3) is 0 Å². The van der Waals surface area contributed by atoms with Crippen molar-refractivity contribution >= 4 is 11.5 Å². The molecule has 1 fully saturated rings. The van der Waals surface area contributed by atoms with Crippen molar-refractivity contribution < 1.29 is 14.1 Å². The zero-order chi connectivity index (χ0) is 13.1. The molecule has 18 heavy (non-hydrogen) atoms. The number of nitrogens with one attached hydrogen (secondary N) is 1. The van der Waals surface area contributed by atoms with E-state index in [0.717, 1.165) is 32.7 Å². The van der Waals surface area contributed by atoms with Crippen LogP contribution in [0.1, 0.15) is 24.2 Å². The summed E-state index contributed by atoms with van der Waals surface area (Å²) < 4.78 is 14.0. The molecular formula is C14H20FN2O+. The van der Waals surface area contributed by atoms with E-state index >= 15 is 0 Å². The minimum atomic E-state index is -0.289. The predicted octanol–water partition coefficient (Wildman–Crippen LogP) is 0.753. The van der Waals surface area contributed by atoms with Crippen LogP contribution in [0.3, 0.4) is 0 Å². The number of anilines is 1. The second kappa shape index (κ2) is 5.48. The van der Waals surface area contributed by atoms with Gasteiger partial charge >= 0.3 is 0 Å². The standard InChI is InChI=1S/C14H19FN2O/c1-3-16-6-8-17(9-7-16)14-5-4-12(11(2)18)10-13(14)15/h4-5,10H,3,6-9H2,1-2H3/p+1. The van der Waals surface area contributed by atoms with Crippen LogP contribution < -0.4 is 9.80 Å². The van der Waals surface area contributed by atoms with Crippen molar-refractivity contribution in [3.63, 3.8) is 0 Å². The van der Waals surface area contributed by atoms with Crippen LogP contribution >= 0.6 is 0 Å². The minimum absolute atomic E-state index is 0.0966. The van der Waals surface area contributed by atoms with Gasteiger partial charge in [-0.1, -0.05) is 0 Å². The van der Waals surface area contributed by atoms with Crippen LogP contribution in [0.25, 0.3) is 0 Å². The summed E-state index contributed by atoms with van der Waals surface area (Å²) in [6.45, 7) is 8.60. The lowest BCUT2D eigenvalue weighted by Crippen LogP contribution is -3.14. The van der Waals surface area contributed by atoms with Gasteiger partial charge in [-0.15, -0.1) is 0 Å². The van der Waals surface area contributed by atoms with E-state index in [-0.39, 0.29) is 11.6 Å². The van der Waals surface area contributed by atoms with Crippen LogP contribution in [0.5, 0.6) is 0 Å². The second-order valence-corrected chi connectivity index (χ2v) is 4.81. The zero-order valence-electron chi connectivity index (χ0n) is 11.0. The van der Waals surface area contributed by atoms with E-state index in [1.54, 1.807) is 17.0 Å². The number of hydrogen-bond acceptors (Lipinski definition) is 2. The van der Waals surface area contributed by atoms with Gasteiger partial charge in [0, 0.05) is 5.56 Å². The first-order chi connectivity index (χ1) is 8.61. The number of hydrogen-bond donors (Lipinski definition) is 1. The Bertz CT molecular complexity index is 439. The first-order valence-electron chi connectivity index (χ1n) is 6.50. The van der Waals surface area contributed by atoms with Gasteiger partial charge in [-0.05, 0) is 32.0 Å². The molecule has 98 valence electrons. The van der Waals surface area contributed by atoms with Gasteiger partial charge in [0.15, 0.2) is 5.78 Å². The first-order valence-corrected chi connectivity index (χ1v) is 6.50. The number of benzene rings is 1. The summed E-state index contributed by atoms with van der Waals surface area (Å²) in [5, 5.41) is 0. The Kier molecular flexibility index (Phi) is 3.97. The zero-order valence-corrected chi connectivity index (χ0v) is 11.0. The first kappa shape index (κ1) is 13.0. The molecule has 0 atom stereocenters. The molecule has 1 N–H and O–H groups in total. The van der Waals surface area contributed by atoms with Crippen LogP contribution in [0.2, 0.25) is 0 Å². The molecule has 1 aliphatic heterocycles. The molecule has 1 aromatic rings. The maximum Gasteiger partial charge on any atom is 0.159 e. The van der Waals surface area contributed by atoms with Gasteiger partial charge in [0.2, 0.25) is 0 Å². The Morgan fingerprint density at radius 2 is 2.06 bits per heavy atom. The smallest absolute Gasteiger partial charge is 0.159 e. The Labute approximate surface area is 107 Å². The van der Waals surface area contributed by atoms with Crippen molar-refractivity contribution in [1.29, 1.82) is 0 Å². The van der Waals surface area contributed by atoms with Crippen LogP contribution in [-0.4, -0.2) is 38.5 Å². The average Bonchev–Trinajstić information content (AvgIpc) is 2.38. The van der Waals surface area contributed by atoms with E-state index in [9.17, 15) is 9.18 Å². The lowest BCUT2D eigenvalue weighted by atomic mass is 10.1. The third-order valence-electron chi connectivity index (χ3n) is 3.67. The number of piperazine rings is 1. The topological polar surface area (TPSA) is 24.8 Å². The largest absolute Gasteiger partial charge is 0.358 e. The second-order valence-electron chi connectivity index (χ2n) is 4.81. The molecule has 0 unspecified atom stereocenters. The number of likely N-dealkylation sites (N-methyl/N-ethyl adjacent to an activating group) is 1. The highest BCUT2D eigenvalue weighted by atomic mass is 19.1. The summed E-state index contributed by atoms with van der Waals surface area (Å²) in [6.07, 6.45) is 0. The predicted molar refractivity (Wildman–Crippen MR) is 69.9 cm³/mol. The Morgan fingerprint density at radius 1 is 1.39 bits per heavy atom. The molecule has 0 spiro atoms. The molecule has 3 nitrogen and oxygen atoms in total. The van der Waals surface area contributed by atoms with Crippen LogP contribution in [0.4, 0.5) is 10.1 Å². The van der Waals surface area contributed by atoms with Gasteiger partial charge in [-0.3, -0.25) is 4.79 Å². The lowest BCUT2D eigenvalue weighted by molar-refractivity contribution is -0.898. The van der Waals surface area contributed by atoms with Crippen LogP contribution in [-0.2, 0) is 0 Å². The van der Waals surface area contributed by atoms with Gasteiger partial charge in [0.1, 0.15) is 5.82 Å². The molecule has 1 heterocycles. The molecule has 2 rings (SSSR count). The fourth-order valence-corrected chi connectivity index (χ4v) is 2.40. The fourth-order valence-electron chi connectivity index (χ4n) is 2.40. The summed E-state index contributed by atoms with van der Waals surface area (Å²) in [4.78, 5) is 14.8. The van der Waals surface area contributed by atoms with Gasteiger partial charge in [-0.25, -0.2) is 4.39 Å². The van der Waals surface area contributed by atoms with Crippen molar-refractivity contribution in [3.05, 3.63) is 29.6 Å². The number of carbonyl (C=O) groups is 1. The number of rotatable bonds is 3. The van der Waals surface area contributed by atoms with E-state index in [2.05, 4.69) is 11.8 Å². The van der Waals surface area contributed by atoms with E-state index in [0.29, 0.717) is 11.3 Å². The quantitative estimate of drug-likeness (QED) is 0.802. The van der Waals surface area contributed by atoms with E-state index in [1.807, 2.05) is 0 Å². The average molecular weight is 251 g/mol. The summed E-state index contributed by atoms with van der Waals surface area (Å²) in [6, 6.07) is 4.78. The number of nitrogens with zero attached hydrogens (tertiary/aromatic N) is 1. The van der Waals surface area contributed by atoms with Crippen molar-refractivity contribution in [2.75, 3.05) is 37.6 Å². The van der Waals surface area contributed by atoms with Crippen molar-refractivity contribution in [3.8, 4) is 0 Å². The Balaban J connectivity index is 2.12. The minimum Gasteiger partial charge on any atom is -0.358 e. The molecule has 1 saturated heterocycles. The third-order valence-corrected chi connectivity index (χ3v) is 3.67. The number of Topliss-reactive ketones (excluding diaryl/α,β-unsaturated/α-hetero) is 1. The van der Waals surface area contributed by atoms with E-state index in [4.69, 9.17) is 0 Å². The molecule has 0 radical (unpaired) electrons. The monoisotopic (exact) mass is 251 g/mol. The molecule has 1 aromatic carbocycles. The molecule has 1 aliphatic rings. The van der Waals surface area contributed by atoms with E-state index in [1.165, 1.54) is 13.0 Å². The highest BCUT2D eigenvalue weighted by Gasteiger charge is 2.21. The Morgan fingerprint density at radius 3 is 2.56 bits per heavy atom. The summed E-state index contributed by atoms with van der Waals surface area (Å²) in [7, 11) is 0. The summed E-state index contributed by atoms with van der Waals surface area (Å²) in [5.74, 6) is -0.386. The molecule has 0 aliphatic carbocycles. The van der Waals surface area contributed by atoms with Crippen molar-refractivity contribution in [2.45, 2.75) is 13.8 Å². The van der Waals surface area contributed by atoms with Crippen molar-refractivity contribution in [1.82, 2.24) is 0 Å². The maximum absolute atomic E-state index is 14.0. The molecule has 4 heteroatoms. The highest BCUT2D eigenvalue weighted by molar-refractivity contribution is 5.94.